The molecule has 0 aliphatic carbocycles. The SMILES string of the molecule is CN(Cc1ccnc(Cl)n1)[C@@H]1CCNC1.Cl. The maximum absolute atomic E-state index is 5.73. The predicted molar refractivity (Wildman–Crippen MR) is 67.0 cm³/mol. The lowest BCUT2D eigenvalue weighted by Gasteiger charge is -2.22. The summed E-state index contributed by atoms with van der Waals surface area (Å²) in [6.45, 7) is 3.00. The summed E-state index contributed by atoms with van der Waals surface area (Å²) < 4.78 is 0. The molecule has 1 aliphatic heterocycles. The van der Waals surface area contributed by atoms with E-state index in [0.717, 1.165) is 25.3 Å². The second-order valence-corrected chi connectivity index (χ2v) is 4.22. The minimum Gasteiger partial charge on any atom is -0.315 e. The number of rotatable bonds is 3. The zero-order valence-electron chi connectivity index (χ0n) is 9.19. The molecule has 1 aliphatic rings. The summed E-state index contributed by atoms with van der Waals surface area (Å²) in [5.41, 5.74) is 0.976. The molecule has 2 rings (SSSR count). The summed E-state index contributed by atoms with van der Waals surface area (Å²) in [5.74, 6) is 0. The molecule has 1 atom stereocenters. The van der Waals surface area contributed by atoms with Crippen LogP contribution in [-0.2, 0) is 6.54 Å². The number of nitrogens with zero attached hydrogens (tertiary/aromatic N) is 3. The molecule has 2 heterocycles. The molecule has 6 heteroatoms. The Labute approximate surface area is 107 Å². The summed E-state index contributed by atoms with van der Waals surface area (Å²) in [5, 5.41) is 3.67. The van der Waals surface area contributed by atoms with Crippen molar-refractivity contribution in [2.45, 2.75) is 19.0 Å². The summed E-state index contributed by atoms with van der Waals surface area (Å²) in [7, 11) is 2.12. The minimum atomic E-state index is 0. The molecule has 1 N–H and O–H groups in total. The van der Waals surface area contributed by atoms with Crippen LogP contribution in [0.2, 0.25) is 5.28 Å². The summed E-state index contributed by atoms with van der Waals surface area (Å²) in [4.78, 5) is 10.3. The highest BCUT2D eigenvalue weighted by Gasteiger charge is 2.19. The van der Waals surface area contributed by atoms with Crippen molar-refractivity contribution in [1.29, 1.82) is 0 Å². The van der Waals surface area contributed by atoms with Crippen molar-refractivity contribution in [3.63, 3.8) is 0 Å². The maximum Gasteiger partial charge on any atom is 0.222 e. The zero-order valence-corrected chi connectivity index (χ0v) is 10.8. The smallest absolute Gasteiger partial charge is 0.222 e. The third-order valence-electron chi connectivity index (χ3n) is 2.75. The third kappa shape index (κ3) is 3.56. The number of nitrogens with one attached hydrogen (secondary N) is 1. The van der Waals surface area contributed by atoms with Gasteiger partial charge in [0.2, 0.25) is 5.28 Å². The number of likely N-dealkylation sites (N-methyl/N-ethyl adjacent to an activating group) is 1. The molecule has 0 spiro atoms. The molecule has 16 heavy (non-hydrogen) atoms. The van der Waals surface area contributed by atoms with Crippen LogP contribution in [0.25, 0.3) is 0 Å². The van der Waals surface area contributed by atoms with Crippen molar-refractivity contribution in [1.82, 2.24) is 20.2 Å². The largest absolute Gasteiger partial charge is 0.315 e. The summed E-state index contributed by atoms with van der Waals surface area (Å²) in [6, 6.07) is 2.52. The van der Waals surface area contributed by atoms with Crippen LogP contribution in [0.1, 0.15) is 12.1 Å². The van der Waals surface area contributed by atoms with Crippen LogP contribution in [0.4, 0.5) is 0 Å². The fraction of sp³-hybridized carbons (Fsp3) is 0.600. The van der Waals surface area contributed by atoms with E-state index in [0.29, 0.717) is 11.3 Å². The van der Waals surface area contributed by atoms with Gasteiger partial charge in [-0.3, -0.25) is 4.90 Å². The van der Waals surface area contributed by atoms with E-state index in [4.69, 9.17) is 11.6 Å². The second-order valence-electron chi connectivity index (χ2n) is 3.88. The number of aromatic nitrogens is 2. The monoisotopic (exact) mass is 262 g/mol. The molecule has 1 fully saturated rings. The van der Waals surface area contributed by atoms with Gasteiger partial charge in [0.15, 0.2) is 0 Å². The molecule has 0 unspecified atom stereocenters. The van der Waals surface area contributed by atoms with Crippen LogP contribution in [0.15, 0.2) is 12.3 Å². The molecule has 90 valence electrons. The molecule has 1 aromatic rings. The van der Waals surface area contributed by atoms with Crippen LogP contribution in [-0.4, -0.2) is 41.0 Å². The van der Waals surface area contributed by atoms with Gasteiger partial charge in [-0.15, -0.1) is 12.4 Å². The normalized spacial score (nSPS) is 19.8. The van der Waals surface area contributed by atoms with Gasteiger partial charge in [-0.25, -0.2) is 9.97 Å². The van der Waals surface area contributed by atoms with E-state index in [-0.39, 0.29) is 12.4 Å². The van der Waals surface area contributed by atoms with E-state index < -0.39 is 0 Å². The van der Waals surface area contributed by atoms with E-state index >= 15 is 0 Å². The Morgan fingerprint density at radius 1 is 1.62 bits per heavy atom. The van der Waals surface area contributed by atoms with Gasteiger partial charge in [-0.05, 0) is 37.7 Å². The Morgan fingerprint density at radius 2 is 2.44 bits per heavy atom. The number of halogens is 2. The molecule has 0 radical (unpaired) electrons. The van der Waals surface area contributed by atoms with Gasteiger partial charge in [0.25, 0.3) is 0 Å². The molecule has 4 nitrogen and oxygen atoms in total. The Balaban J connectivity index is 0.00000128. The molecular weight excluding hydrogens is 247 g/mol. The summed E-state index contributed by atoms with van der Waals surface area (Å²) >= 11 is 5.73. The predicted octanol–water partition coefficient (Wildman–Crippen LogP) is 1.35. The first-order valence-electron chi connectivity index (χ1n) is 5.14. The fourth-order valence-electron chi connectivity index (χ4n) is 1.86. The van der Waals surface area contributed by atoms with Crippen LogP contribution >= 0.6 is 24.0 Å². The first-order valence-corrected chi connectivity index (χ1v) is 5.52. The van der Waals surface area contributed by atoms with Gasteiger partial charge >= 0.3 is 0 Å². The van der Waals surface area contributed by atoms with Crippen LogP contribution in [0, 0.1) is 0 Å². The van der Waals surface area contributed by atoms with Gasteiger partial charge in [0.1, 0.15) is 0 Å². The molecular formula is C10H16Cl2N4. The molecule has 1 saturated heterocycles. The first-order chi connectivity index (χ1) is 7.25. The first kappa shape index (κ1) is 13.6. The zero-order chi connectivity index (χ0) is 10.7. The lowest BCUT2D eigenvalue weighted by atomic mass is 10.2. The van der Waals surface area contributed by atoms with Crippen LogP contribution in [0.3, 0.4) is 0 Å². The van der Waals surface area contributed by atoms with Crippen molar-refractivity contribution in [3.05, 3.63) is 23.2 Å². The quantitative estimate of drug-likeness (QED) is 0.836. The van der Waals surface area contributed by atoms with Crippen molar-refractivity contribution >= 4 is 24.0 Å². The van der Waals surface area contributed by atoms with E-state index in [1.54, 1.807) is 6.20 Å². The molecule has 0 amide bonds. The molecule has 0 saturated carbocycles. The van der Waals surface area contributed by atoms with Crippen LogP contribution < -0.4 is 5.32 Å². The van der Waals surface area contributed by atoms with E-state index in [2.05, 4.69) is 27.2 Å². The number of hydrogen-bond acceptors (Lipinski definition) is 4. The molecule has 1 aromatic heterocycles. The van der Waals surface area contributed by atoms with E-state index in [9.17, 15) is 0 Å². The Kier molecular flexibility index (Phi) is 5.41. The van der Waals surface area contributed by atoms with E-state index in [1.165, 1.54) is 6.42 Å². The van der Waals surface area contributed by atoms with Crippen molar-refractivity contribution in [2.24, 2.45) is 0 Å². The third-order valence-corrected chi connectivity index (χ3v) is 2.94. The topological polar surface area (TPSA) is 41.1 Å². The minimum absolute atomic E-state index is 0. The van der Waals surface area contributed by atoms with Crippen molar-refractivity contribution in [2.75, 3.05) is 20.1 Å². The van der Waals surface area contributed by atoms with Crippen molar-refractivity contribution < 1.29 is 0 Å². The van der Waals surface area contributed by atoms with Gasteiger partial charge in [0, 0.05) is 25.3 Å². The average Bonchev–Trinajstić information content (AvgIpc) is 2.70. The van der Waals surface area contributed by atoms with Crippen LogP contribution in [0.5, 0.6) is 0 Å². The van der Waals surface area contributed by atoms with Crippen molar-refractivity contribution in [3.8, 4) is 0 Å². The Bertz CT molecular complexity index is 328. The highest BCUT2D eigenvalue weighted by atomic mass is 35.5. The molecule has 0 aromatic carbocycles. The summed E-state index contributed by atoms with van der Waals surface area (Å²) in [6.07, 6.45) is 2.90. The van der Waals surface area contributed by atoms with Gasteiger partial charge < -0.3 is 5.32 Å². The Morgan fingerprint density at radius 3 is 3.06 bits per heavy atom. The Hall–Kier alpha value is -0.420. The standard InChI is InChI=1S/C10H15ClN4.ClH/c1-15(9-3-4-12-6-9)7-8-2-5-13-10(11)14-8;/h2,5,9,12H,3-4,6-7H2,1H3;1H/t9-;/m1./s1. The second kappa shape index (κ2) is 6.35. The molecule has 0 bridgehead atoms. The fourth-order valence-corrected chi connectivity index (χ4v) is 2.02. The highest BCUT2D eigenvalue weighted by Crippen LogP contribution is 2.10. The maximum atomic E-state index is 5.73. The van der Waals surface area contributed by atoms with Gasteiger partial charge in [-0.1, -0.05) is 0 Å². The lowest BCUT2D eigenvalue weighted by Crippen LogP contribution is -2.33. The average molecular weight is 263 g/mol. The van der Waals surface area contributed by atoms with Gasteiger partial charge in [0.05, 0.1) is 5.69 Å². The lowest BCUT2D eigenvalue weighted by molar-refractivity contribution is 0.246. The highest BCUT2D eigenvalue weighted by molar-refractivity contribution is 6.28. The van der Waals surface area contributed by atoms with Gasteiger partial charge in [-0.2, -0.15) is 0 Å². The van der Waals surface area contributed by atoms with E-state index in [1.807, 2.05) is 6.07 Å². The number of hydrogen-bond donors (Lipinski definition) is 1.